The number of hydrogen-bond acceptors (Lipinski definition) is 9. The molecule has 0 radical (unpaired) electrons. The van der Waals surface area contributed by atoms with Crippen molar-refractivity contribution in [3.8, 4) is 5.75 Å². The molecule has 0 aromatic heterocycles. The lowest BCUT2D eigenvalue weighted by Gasteiger charge is -2.49. The summed E-state index contributed by atoms with van der Waals surface area (Å²) in [6.45, 7) is 4.20. The molecule has 0 amide bonds. The van der Waals surface area contributed by atoms with Gasteiger partial charge in [-0.05, 0) is 48.7 Å². The second-order valence-corrected chi connectivity index (χ2v) is 8.77. The predicted molar refractivity (Wildman–Crippen MR) is 130 cm³/mol. The third-order valence-corrected chi connectivity index (χ3v) is 6.24. The lowest BCUT2D eigenvalue weighted by Crippen LogP contribution is -2.66. The summed E-state index contributed by atoms with van der Waals surface area (Å²) in [6, 6.07) is 12.6. The summed E-state index contributed by atoms with van der Waals surface area (Å²) in [4.78, 5) is 23.9. The number of methoxy groups -OCH3 is 1. The fourth-order valence-corrected chi connectivity index (χ4v) is 4.48. The molecule has 36 heavy (non-hydrogen) atoms. The van der Waals surface area contributed by atoms with Gasteiger partial charge < -0.3 is 33.9 Å². The maximum atomic E-state index is 12.0. The normalized spacial score (nSPS) is 25.8. The molecule has 0 unspecified atom stereocenters. The van der Waals surface area contributed by atoms with Crippen molar-refractivity contribution in [3.63, 3.8) is 0 Å². The van der Waals surface area contributed by atoms with Crippen LogP contribution in [0.15, 0.2) is 42.5 Å². The van der Waals surface area contributed by atoms with Gasteiger partial charge in [0.15, 0.2) is 12.2 Å². The number of carbonyl (C=O) groups is 2. The molecule has 2 aromatic rings. The van der Waals surface area contributed by atoms with Crippen molar-refractivity contribution in [2.45, 2.75) is 57.4 Å². The zero-order valence-electron chi connectivity index (χ0n) is 20.6. The Kier molecular flexibility index (Phi) is 9.32. The summed E-state index contributed by atoms with van der Waals surface area (Å²) >= 11 is 6.51. The number of rotatable bonds is 9. The predicted octanol–water partition coefficient (Wildman–Crippen LogP) is 2.74. The van der Waals surface area contributed by atoms with Gasteiger partial charge in [0.05, 0.1) is 13.2 Å². The number of carbonyl (C=O) groups excluding carboxylic acids is 2. The van der Waals surface area contributed by atoms with E-state index in [0.717, 1.165) is 23.8 Å². The Morgan fingerprint density at radius 2 is 1.75 bits per heavy atom. The van der Waals surface area contributed by atoms with Crippen molar-refractivity contribution in [3.05, 3.63) is 64.2 Å². The van der Waals surface area contributed by atoms with Gasteiger partial charge in [-0.1, -0.05) is 29.8 Å². The molecule has 5 atom stereocenters. The van der Waals surface area contributed by atoms with Crippen LogP contribution in [0.25, 0.3) is 0 Å². The van der Waals surface area contributed by atoms with Crippen LogP contribution in [0.5, 0.6) is 5.75 Å². The molecule has 2 N–H and O–H groups in total. The molecule has 3 rings (SSSR count). The molecule has 1 aliphatic rings. The quantitative estimate of drug-likeness (QED) is 0.479. The molecule has 1 aliphatic heterocycles. The molecule has 196 valence electrons. The van der Waals surface area contributed by atoms with E-state index in [-0.39, 0.29) is 0 Å². The Bertz CT molecular complexity index is 1060. The van der Waals surface area contributed by atoms with Crippen LogP contribution in [-0.2, 0) is 40.7 Å². The van der Waals surface area contributed by atoms with Crippen LogP contribution >= 0.6 is 11.6 Å². The number of halogens is 1. The van der Waals surface area contributed by atoms with Crippen molar-refractivity contribution in [2.24, 2.45) is 0 Å². The average Bonchev–Trinajstić information content (AvgIpc) is 2.84. The van der Waals surface area contributed by atoms with Gasteiger partial charge in [0.2, 0.25) is 5.79 Å². The van der Waals surface area contributed by atoms with Crippen LogP contribution < -0.4 is 4.74 Å². The van der Waals surface area contributed by atoms with E-state index >= 15 is 0 Å². The van der Waals surface area contributed by atoms with Gasteiger partial charge in [0.1, 0.15) is 18.0 Å². The fourth-order valence-electron chi connectivity index (χ4n) is 4.29. The van der Waals surface area contributed by atoms with Gasteiger partial charge in [-0.25, -0.2) is 0 Å². The van der Waals surface area contributed by atoms with Crippen LogP contribution in [0.4, 0.5) is 0 Å². The van der Waals surface area contributed by atoms with Gasteiger partial charge >= 0.3 is 11.9 Å². The molecular weight excluding hydrogens is 492 g/mol. The van der Waals surface area contributed by atoms with E-state index in [1.807, 2.05) is 31.2 Å². The summed E-state index contributed by atoms with van der Waals surface area (Å²) in [5.74, 6) is -2.49. The first-order valence-corrected chi connectivity index (χ1v) is 11.9. The minimum atomic E-state index is -1.82. The van der Waals surface area contributed by atoms with E-state index in [2.05, 4.69) is 0 Å². The summed E-state index contributed by atoms with van der Waals surface area (Å²) in [7, 11) is 1.33. The highest BCUT2D eigenvalue weighted by Gasteiger charge is 2.59. The van der Waals surface area contributed by atoms with E-state index < -0.39 is 48.7 Å². The number of aliphatic hydroxyl groups is 2. The largest absolute Gasteiger partial charge is 0.494 e. The molecule has 0 saturated carbocycles. The van der Waals surface area contributed by atoms with Crippen molar-refractivity contribution in [2.75, 3.05) is 20.3 Å². The Hall–Kier alpha value is -2.69. The van der Waals surface area contributed by atoms with Crippen LogP contribution in [0.3, 0.4) is 0 Å². The second kappa shape index (κ2) is 12.0. The first-order chi connectivity index (χ1) is 17.1. The zero-order valence-corrected chi connectivity index (χ0v) is 21.4. The lowest BCUT2D eigenvalue weighted by molar-refractivity contribution is -0.367. The first-order valence-electron chi connectivity index (χ1n) is 11.5. The van der Waals surface area contributed by atoms with E-state index in [1.54, 1.807) is 18.2 Å². The van der Waals surface area contributed by atoms with Gasteiger partial charge in [0, 0.05) is 31.5 Å². The van der Waals surface area contributed by atoms with E-state index in [1.165, 1.54) is 14.0 Å². The standard InChI is InChI=1S/C26H31ClO9/c1-5-33-20-9-6-17(7-10-20)12-18-13-19(8-11-21(18)27)26(32-4)25(35-16(3)30)24(34-15(2)29)23(31)22(14-28)36-26/h6-11,13,22-25,28,31H,5,12,14H2,1-4H3/t22-,23-,24+,25-,26+/m1/s1. The SMILES string of the molecule is CCOc1ccc(Cc2cc([C@]3(OC)O[C@H](CO)[C@@H](O)[C@H](OC(C)=O)[C@H]3OC(C)=O)ccc2Cl)cc1. The van der Waals surface area contributed by atoms with Gasteiger partial charge in [-0.3, -0.25) is 9.59 Å². The lowest BCUT2D eigenvalue weighted by atomic mass is 9.86. The summed E-state index contributed by atoms with van der Waals surface area (Å²) < 4.78 is 28.1. The number of hydrogen-bond donors (Lipinski definition) is 2. The third-order valence-electron chi connectivity index (χ3n) is 5.87. The highest BCUT2D eigenvalue weighted by atomic mass is 35.5. The Labute approximate surface area is 214 Å². The molecule has 2 aromatic carbocycles. The molecule has 9 nitrogen and oxygen atoms in total. The Balaban J connectivity index is 2.07. The minimum Gasteiger partial charge on any atom is -0.494 e. The van der Waals surface area contributed by atoms with Crippen molar-refractivity contribution >= 4 is 23.5 Å². The monoisotopic (exact) mass is 522 g/mol. The zero-order chi connectivity index (χ0) is 26.5. The highest BCUT2D eigenvalue weighted by molar-refractivity contribution is 6.31. The molecular formula is C26H31ClO9. The van der Waals surface area contributed by atoms with Gasteiger partial charge in [-0.2, -0.15) is 0 Å². The molecule has 10 heteroatoms. The van der Waals surface area contributed by atoms with Crippen molar-refractivity contribution in [1.82, 2.24) is 0 Å². The minimum absolute atomic E-state index is 0.393. The van der Waals surface area contributed by atoms with Gasteiger partial charge in [0.25, 0.3) is 0 Å². The maximum Gasteiger partial charge on any atom is 0.303 e. The van der Waals surface area contributed by atoms with Crippen LogP contribution in [0, 0.1) is 0 Å². The van der Waals surface area contributed by atoms with E-state index in [4.69, 9.17) is 35.3 Å². The van der Waals surface area contributed by atoms with Crippen LogP contribution in [-0.4, -0.2) is 66.9 Å². The number of ether oxygens (including phenoxy) is 5. The molecule has 0 bridgehead atoms. The van der Waals surface area contributed by atoms with Crippen molar-refractivity contribution < 1.29 is 43.5 Å². The second-order valence-electron chi connectivity index (χ2n) is 8.37. The molecule has 0 aliphatic carbocycles. The van der Waals surface area contributed by atoms with E-state index in [0.29, 0.717) is 23.6 Å². The summed E-state index contributed by atoms with van der Waals surface area (Å²) in [5.41, 5.74) is 2.08. The number of benzene rings is 2. The van der Waals surface area contributed by atoms with Gasteiger partial charge in [-0.15, -0.1) is 0 Å². The molecule has 1 saturated heterocycles. The van der Waals surface area contributed by atoms with Crippen LogP contribution in [0.2, 0.25) is 5.02 Å². The smallest absolute Gasteiger partial charge is 0.303 e. The summed E-state index contributed by atoms with van der Waals surface area (Å²) in [5, 5.41) is 21.1. The molecule has 1 heterocycles. The first kappa shape index (κ1) is 27.9. The molecule has 0 spiro atoms. The number of aliphatic hydroxyl groups excluding tert-OH is 2. The Morgan fingerprint density at radius 1 is 1.08 bits per heavy atom. The van der Waals surface area contributed by atoms with Crippen LogP contribution in [0.1, 0.15) is 37.5 Å². The van der Waals surface area contributed by atoms with Crippen molar-refractivity contribution in [1.29, 1.82) is 0 Å². The topological polar surface area (TPSA) is 121 Å². The van der Waals surface area contributed by atoms with E-state index in [9.17, 15) is 19.8 Å². The highest BCUT2D eigenvalue weighted by Crippen LogP contribution is 2.43. The maximum absolute atomic E-state index is 12.0. The molecule has 1 fully saturated rings. The third kappa shape index (κ3) is 5.99. The Morgan fingerprint density at radius 3 is 2.31 bits per heavy atom. The average molecular weight is 523 g/mol. The summed E-state index contributed by atoms with van der Waals surface area (Å²) in [6.07, 6.45) is -4.99. The fraction of sp³-hybridized carbons (Fsp3) is 0.462. The number of esters is 2.